The minimum absolute atomic E-state index is 0.139. The van der Waals surface area contributed by atoms with Crippen molar-refractivity contribution in [1.82, 2.24) is 0 Å². The van der Waals surface area contributed by atoms with Crippen molar-refractivity contribution in [2.75, 3.05) is 7.11 Å². The highest BCUT2D eigenvalue weighted by Gasteiger charge is 2.14. The van der Waals surface area contributed by atoms with E-state index < -0.39 is 6.04 Å². The zero-order valence-electron chi connectivity index (χ0n) is 8.79. The van der Waals surface area contributed by atoms with E-state index in [1.54, 1.807) is 6.07 Å². The normalized spacial score (nSPS) is 12.3. The number of carbonyl (C=O) groups excluding carboxylic acids is 1. The molecule has 0 radical (unpaired) electrons. The summed E-state index contributed by atoms with van der Waals surface area (Å²) in [5.74, 6) is -0.333. The van der Waals surface area contributed by atoms with Gasteiger partial charge >= 0.3 is 5.97 Å². The first-order valence-electron chi connectivity index (χ1n) is 4.63. The summed E-state index contributed by atoms with van der Waals surface area (Å²) >= 11 is 5.99. The van der Waals surface area contributed by atoms with Gasteiger partial charge in [-0.25, -0.2) is 0 Å². The van der Waals surface area contributed by atoms with Gasteiger partial charge in [-0.05, 0) is 18.6 Å². The predicted octanol–water partition coefficient (Wildman–Crippen LogP) is 2.21. The summed E-state index contributed by atoms with van der Waals surface area (Å²) in [6.45, 7) is 1.95. The molecule has 0 heterocycles. The molecule has 1 atom stereocenters. The molecule has 0 saturated carbocycles. The Balaban J connectivity index is 2.85. The van der Waals surface area contributed by atoms with Crippen molar-refractivity contribution < 1.29 is 9.53 Å². The second kappa shape index (κ2) is 5.14. The van der Waals surface area contributed by atoms with Crippen LogP contribution in [0.1, 0.15) is 23.6 Å². The molecule has 1 aromatic carbocycles. The van der Waals surface area contributed by atoms with E-state index >= 15 is 0 Å². The molecule has 0 unspecified atom stereocenters. The number of carbonyl (C=O) groups is 1. The molecule has 1 rings (SSSR count). The van der Waals surface area contributed by atoms with Gasteiger partial charge in [-0.3, -0.25) is 4.79 Å². The number of rotatable bonds is 3. The summed E-state index contributed by atoms with van der Waals surface area (Å²) < 4.78 is 4.55. The standard InChI is InChI=1S/C11H14ClNO2/c1-7-3-4-9(12)8(5-7)10(13)6-11(14)15-2/h3-5,10H,6,13H2,1-2H3/t10-/m1/s1. The van der Waals surface area contributed by atoms with E-state index in [4.69, 9.17) is 17.3 Å². The largest absolute Gasteiger partial charge is 0.469 e. The number of esters is 1. The van der Waals surface area contributed by atoms with Gasteiger partial charge in [0.2, 0.25) is 0 Å². The quantitative estimate of drug-likeness (QED) is 0.806. The summed E-state index contributed by atoms with van der Waals surface area (Å²) in [5, 5.41) is 0.581. The zero-order chi connectivity index (χ0) is 11.4. The van der Waals surface area contributed by atoms with Crippen molar-refractivity contribution in [1.29, 1.82) is 0 Å². The van der Waals surface area contributed by atoms with Crippen LogP contribution in [0.3, 0.4) is 0 Å². The number of hydrogen-bond donors (Lipinski definition) is 1. The van der Waals surface area contributed by atoms with Crippen molar-refractivity contribution in [3.63, 3.8) is 0 Å². The third-order valence-corrected chi connectivity index (χ3v) is 2.51. The number of ether oxygens (including phenoxy) is 1. The van der Waals surface area contributed by atoms with Crippen LogP contribution in [-0.2, 0) is 9.53 Å². The number of halogens is 1. The molecule has 0 aliphatic carbocycles. The molecular formula is C11H14ClNO2. The first-order valence-corrected chi connectivity index (χ1v) is 5.01. The van der Waals surface area contributed by atoms with E-state index in [1.165, 1.54) is 7.11 Å². The molecule has 2 N–H and O–H groups in total. The van der Waals surface area contributed by atoms with Crippen LogP contribution in [0.2, 0.25) is 5.02 Å². The highest BCUT2D eigenvalue weighted by Crippen LogP contribution is 2.24. The van der Waals surface area contributed by atoms with E-state index in [0.717, 1.165) is 11.1 Å². The topological polar surface area (TPSA) is 52.3 Å². The van der Waals surface area contributed by atoms with Gasteiger partial charge in [-0.15, -0.1) is 0 Å². The van der Waals surface area contributed by atoms with Crippen LogP contribution in [0.15, 0.2) is 18.2 Å². The Morgan fingerprint density at radius 2 is 2.27 bits per heavy atom. The third-order valence-electron chi connectivity index (χ3n) is 2.17. The van der Waals surface area contributed by atoms with Crippen molar-refractivity contribution in [3.8, 4) is 0 Å². The smallest absolute Gasteiger partial charge is 0.307 e. The van der Waals surface area contributed by atoms with E-state index in [1.807, 2.05) is 19.1 Å². The van der Waals surface area contributed by atoms with Crippen LogP contribution >= 0.6 is 11.6 Å². The molecule has 0 aliphatic rings. The summed E-state index contributed by atoms with van der Waals surface area (Å²) in [5.41, 5.74) is 7.70. The van der Waals surface area contributed by atoms with Gasteiger partial charge in [0.15, 0.2) is 0 Å². The first kappa shape index (κ1) is 12.0. The fourth-order valence-corrected chi connectivity index (χ4v) is 1.58. The summed E-state index contributed by atoms with van der Waals surface area (Å²) in [6.07, 6.45) is 0.139. The van der Waals surface area contributed by atoms with Crippen LogP contribution in [0, 0.1) is 6.92 Å². The van der Waals surface area contributed by atoms with Crippen molar-refractivity contribution in [2.45, 2.75) is 19.4 Å². The average molecular weight is 228 g/mol. The maximum atomic E-state index is 11.0. The third kappa shape index (κ3) is 3.22. The molecule has 0 aromatic heterocycles. The lowest BCUT2D eigenvalue weighted by molar-refractivity contribution is -0.141. The zero-order valence-corrected chi connectivity index (χ0v) is 9.54. The number of benzene rings is 1. The maximum Gasteiger partial charge on any atom is 0.307 e. The fraction of sp³-hybridized carbons (Fsp3) is 0.364. The van der Waals surface area contributed by atoms with Crippen LogP contribution in [0.25, 0.3) is 0 Å². The molecule has 0 aliphatic heterocycles. The number of hydrogen-bond acceptors (Lipinski definition) is 3. The Labute approximate surface area is 94.2 Å². The number of nitrogens with two attached hydrogens (primary N) is 1. The molecule has 1 aromatic rings. The van der Waals surface area contributed by atoms with Crippen molar-refractivity contribution >= 4 is 17.6 Å². The SMILES string of the molecule is COC(=O)C[C@@H](N)c1cc(C)ccc1Cl. The van der Waals surface area contributed by atoms with E-state index in [0.29, 0.717) is 5.02 Å². The molecular weight excluding hydrogens is 214 g/mol. The van der Waals surface area contributed by atoms with Crippen LogP contribution < -0.4 is 5.73 Å². The molecule has 4 heteroatoms. The Morgan fingerprint density at radius 3 is 2.87 bits per heavy atom. The highest BCUT2D eigenvalue weighted by molar-refractivity contribution is 6.31. The fourth-order valence-electron chi connectivity index (χ4n) is 1.32. The van der Waals surface area contributed by atoms with Crippen molar-refractivity contribution in [3.05, 3.63) is 34.3 Å². The lowest BCUT2D eigenvalue weighted by atomic mass is 10.0. The van der Waals surface area contributed by atoms with E-state index in [-0.39, 0.29) is 12.4 Å². The Hall–Kier alpha value is -1.06. The summed E-state index contributed by atoms with van der Waals surface area (Å²) in [7, 11) is 1.34. The minimum atomic E-state index is -0.412. The number of methoxy groups -OCH3 is 1. The van der Waals surface area contributed by atoms with E-state index in [9.17, 15) is 4.79 Å². The Kier molecular flexibility index (Phi) is 4.12. The second-order valence-corrected chi connectivity index (χ2v) is 3.82. The highest BCUT2D eigenvalue weighted by atomic mass is 35.5. The number of aryl methyl sites for hydroxylation is 1. The lowest BCUT2D eigenvalue weighted by Crippen LogP contribution is -2.16. The molecule has 82 valence electrons. The molecule has 3 nitrogen and oxygen atoms in total. The van der Waals surface area contributed by atoms with Gasteiger partial charge in [0.1, 0.15) is 0 Å². The average Bonchev–Trinajstić information content (AvgIpc) is 2.21. The molecule has 0 fully saturated rings. The van der Waals surface area contributed by atoms with Gasteiger partial charge in [-0.2, -0.15) is 0 Å². The Morgan fingerprint density at radius 1 is 1.60 bits per heavy atom. The molecule has 0 saturated heterocycles. The van der Waals surface area contributed by atoms with Crippen LogP contribution in [0.5, 0.6) is 0 Å². The molecule has 0 bridgehead atoms. The Bertz CT molecular complexity index is 366. The monoisotopic (exact) mass is 227 g/mol. The minimum Gasteiger partial charge on any atom is -0.469 e. The van der Waals surface area contributed by atoms with Gasteiger partial charge in [-0.1, -0.05) is 29.3 Å². The predicted molar refractivity (Wildman–Crippen MR) is 59.8 cm³/mol. The van der Waals surface area contributed by atoms with Gasteiger partial charge in [0, 0.05) is 11.1 Å². The molecule has 0 amide bonds. The van der Waals surface area contributed by atoms with Gasteiger partial charge in [0.25, 0.3) is 0 Å². The van der Waals surface area contributed by atoms with E-state index in [2.05, 4.69) is 4.74 Å². The van der Waals surface area contributed by atoms with Crippen molar-refractivity contribution in [2.24, 2.45) is 5.73 Å². The van der Waals surface area contributed by atoms with Crippen LogP contribution in [0.4, 0.5) is 0 Å². The summed E-state index contributed by atoms with van der Waals surface area (Å²) in [6, 6.07) is 5.15. The lowest BCUT2D eigenvalue weighted by Gasteiger charge is -2.13. The first-order chi connectivity index (χ1) is 7.04. The molecule has 0 spiro atoms. The van der Waals surface area contributed by atoms with Gasteiger partial charge < -0.3 is 10.5 Å². The summed E-state index contributed by atoms with van der Waals surface area (Å²) in [4.78, 5) is 11.0. The molecule has 15 heavy (non-hydrogen) atoms. The second-order valence-electron chi connectivity index (χ2n) is 3.41. The maximum absolute atomic E-state index is 11.0. The van der Waals surface area contributed by atoms with Gasteiger partial charge in [0.05, 0.1) is 13.5 Å². The van der Waals surface area contributed by atoms with Crippen LogP contribution in [-0.4, -0.2) is 13.1 Å².